The normalized spacial score (nSPS) is 34.8. The molecule has 0 spiro atoms. The topological polar surface area (TPSA) is 36.3 Å². The van der Waals surface area contributed by atoms with Crippen molar-refractivity contribution in [3.63, 3.8) is 0 Å². The Kier molecular flexibility index (Phi) is 4.50. The van der Waals surface area contributed by atoms with Gasteiger partial charge in [0.25, 0.3) is 0 Å². The molecule has 0 amide bonds. The van der Waals surface area contributed by atoms with Gasteiger partial charge in [-0.2, -0.15) is 10.3 Å². The van der Waals surface area contributed by atoms with Crippen LogP contribution in [0.2, 0.25) is 0 Å². The molecule has 1 aliphatic heterocycles. The highest BCUT2D eigenvalue weighted by molar-refractivity contribution is 5.45. The molecule has 1 aromatic carbocycles. The summed E-state index contributed by atoms with van der Waals surface area (Å²) in [5, 5.41) is 11.9. The van der Waals surface area contributed by atoms with Crippen LogP contribution >= 0.6 is 0 Å². The third kappa shape index (κ3) is 3.00. The highest BCUT2D eigenvalue weighted by atomic mass is 16.7. The summed E-state index contributed by atoms with van der Waals surface area (Å²) in [6, 6.07) is 9.53. The predicted octanol–water partition coefficient (Wildman–Crippen LogP) is 4.97. The maximum atomic E-state index is 9.64. The first-order valence-electron chi connectivity index (χ1n) is 9.58. The first kappa shape index (κ1) is 18.4. The predicted molar refractivity (Wildman–Crippen MR) is 101 cm³/mol. The molecule has 0 unspecified atom stereocenters. The van der Waals surface area contributed by atoms with Crippen LogP contribution in [0.3, 0.4) is 0 Å². The second-order valence-electron chi connectivity index (χ2n) is 9.35. The number of aryl methyl sites for hydroxylation is 1. The van der Waals surface area contributed by atoms with Gasteiger partial charge in [-0.25, -0.2) is 0 Å². The number of rotatable bonds is 2. The van der Waals surface area contributed by atoms with Gasteiger partial charge < -0.3 is 0 Å². The molecule has 1 aliphatic carbocycles. The first-order valence-corrected chi connectivity index (χ1v) is 9.58. The fourth-order valence-electron chi connectivity index (χ4n) is 5.33. The second-order valence-corrected chi connectivity index (χ2v) is 9.35. The summed E-state index contributed by atoms with van der Waals surface area (Å²) >= 11 is 0. The van der Waals surface area contributed by atoms with Gasteiger partial charge in [0.15, 0.2) is 0 Å². The number of benzene rings is 1. The molecule has 1 saturated heterocycles. The van der Waals surface area contributed by atoms with Crippen molar-refractivity contribution in [3.8, 4) is 6.07 Å². The van der Waals surface area contributed by atoms with Gasteiger partial charge in [-0.05, 0) is 70.4 Å². The zero-order chi connectivity index (χ0) is 18.6. The minimum atomic E-state index is -0.165. The van der Waals surface area contributed by atoms with Crippen LogP contribution in [0.5, 0.6) is 0 Å². The largest absolute Gasteiger partial charge is 0.292 e. The molecule has 0 radical (unpaired) electrons. The second kappa shape index (κ2) is 6.11. The zero-order valence-corrected chi connectivity index (χ0v) is 16.8. The molecule has 25 heavy (non-hydrogen) atoms. The molecule has 1 saturated carbocycles. The lowest BCUT2D eigenvalue weighted by Gasteiger charge is -2.47. The molecule has 4 atom stereocenters. The maximum Gasteiger partial charge on any atom is 0.0994 e. The van der Waals surface area contributed by atoms with Gasteiger partial charge in [-0.15, -0.1) is 0 Å². The molecule has 1 aromatic rings. The van der Waals surface area contributed by atoms with Crippen LogP contribution in [0.15, 0.2) is 18.2 Å². The minimum absolute atomic E-state index is 0.0191. The van der Waals surface area contributed by atoms with Crippen molar-refractivity contribution in [2.75, 3.05) is 0 Å². The monoisotopic (exact) mass is 340 g/mol. The van der Waals surface area contributed by atoms with Crippen molar-refractivity contribution in [2.45, 2.75) is 84.4 Å². The van der Waals surface area contributed by atoms with E-state index in [9.17, 15) is 5.26 Å². The van der Waals surface area contributed by atoms with Crippen molar-refractivity contribution < 1.29 is 4.84 Å². The van der Waals surface area contributed by atoms with E-state index >= 15 is 0 Å². The Morgan fingerprint density at radius 3 is 2.52 bits per heavy atom. The van der Waals surface area contributed by atoms with Gasteiger partial charge in [0, 0.05) is 18.0 Å². The third-order valence-electron chi connectivity index (χ3n) is 6.42. The lowest BCUT2D eigenvalue weighted by atomic mass is 9.58. The van der Waals surface area contributed by atoms with E-state index in [4.69, 9.17) is 4.84 Å². The number of nitrogens with zero attached hydrogens (tertiary/aromatic N) is 2. The lowest BCUT2D eigenvalue weighted by molar-refractivity contribution is -0.215. The standard InChI is InChI=1S/C22H32N2O/c1-14(2)24-20-16(4)11-22(7,12-19(20)21(5,6)25-24)18-10-15(3)8-9-17(18)13-23/h8-10,14,16,19-20H,11-12H2,1-7H3/t16-,19+,20+,22-/m1/s1. The van der Waals surface area contributed by atoms with Crippen LogP contribution in [0.25, 0.3) is 0 Å². The molecule has 3 heteroatoms. The molecule has 0 aromatic heterocycles. The molecular weight excluding hydrogens is 308 g/mol. The zero-order valence-electron chi connectivity index (χ0n) is 16.8. The molecular formula is C22H32N2O. The summed E-state index contributed by atoms with van der Waals surface area (Å²) in [4.78, 5) is 6.41. The highest BCUT2D eigenvalue weighted by Crippen LogP contribution is 2.54. The fraction of sp³-hybridized carbons (Fsp3) is 0.682. The van der Waals surface area contributed by atoms with Gasteiger partial charge in [0.1, 0.15) is 0 Å². The molecule has 2 fully saturated rings. The molecule has 0 bridgehead atoms. The third-order valence-corrected chi connectivity index (χ3v) is 6.42. The van der Waals surface area contributed by atoms with Crippen molar-refractivity contribution in [1.29, 1.82) is 5.26 Å². The summed E-state index contributed by atoms with van der Waals surface area (Å²) < 4.78 is 0. The number of hydrogen-bond acceptors (Lipinski definition) is 3. The van der Waals surface area contributed by atoms with Crippen LogP contribution in [0.4, 0.5) is 0 Å². The van der Waals surface area contributed by atoms with Crippen LogP contribution < -0.4 is 0 Å². The quantitative estimate of drug-likeness (QED) is 0.762. The Balaban J connectivity index is 2.03. The fourth-order valence-corrected chi connectivity index (χ4v) is 5.33. The lowest BCUT2D eigenvalue weighted by Crippen LogP contribution is -2.50. The van der Waals surface area contributed by atoms with Crippen LogP contribution in [-0.4, -0.2) is 22.7 Å². The maximum absolute atomic E-state index is 9.64. The number of fused-ring (bicyclic) bond motifs is 1. The van der Waals surface area contributed by atoms with Gasteiger partial charge >= 0.3 is 0 Å². The Morgan fingerprint density at radius 2 is 1.92 bits per heavy atom. The van der Waals surface area contributed by atoms with Gasteiger partial charge in [-0.3, -0.25) is 4.84 Å². The van der Waals surface area contributed by atoms with E-state index < -0.39 is 0 Å². The minimum Gasteiger partial charge on any atom is -0.292 e. The molecule has 1 heterocycles. The summed E-state index contributed by atoms with van der Waals surface area (Å²) in [7, 11) is 0. The van der Waals surface area contributed by atoms with E-state index in [-0.39, 0.29) is 11.0 Å². The molecule has 3 nitrogen and oxygen atoms in total. The number of nitriles is 1. The van der Waals surface area contributed by atoms with Crippen LogP contribution in [-0.2, 0) is 10.3 Å². The molecule has 136 valence electrons. The van der Waals surface area contributed by atoms with E-state index in [2.05, 4.69) is 65.7 Å². The summed E-state index contributed by atoms with van der Waals surface area (Å²) in [6.45, 7) is 15.7. The Morgan fingerprint density at radius 1 is 1.24 bits per heavy atom. The van der Waals surface area contributed by atoms with E-state index in [1.165, 1.54) is 11.1 Å². The smallest absolute Gasteiger partial charge is 0.0994 e. The molecule has 2 aliphatic rings. The Bertz CT molecular complexity index is 702. The van der Waals surface area contributed by atoms with Crippen molar-refractivity contribution in [2.24, 2.45) is 11.8 Å². The summed E-state index contributed by atoms with van der Waals surface area (Å²) in [5.74, 6) is 0.996. The Labute approximate surface area is 152 Å². The van der Waals surface area contributed by atoms with E-state index in [1.807, 2.05) is 12.1 Å². The van der Waals surface area contributed by atoms with Gasteiger partial charge in [0.2, 0.25) is 0 Å². The van der Waals surface area contributed by atoms with Crippen LogP contribution in [0.1, 0.15) is 71.1 Å². The van der Waals surface area contributed by atoms with E-state index in [0.717, 1.165) is 18.4 Å². The van der Waals surface area contributed by atoms with Gasteiger partial charge in [-0.1, -0.05) is 31.5 Å². The highest BCUT2D eigenvalue weighted by Gasteiger charge is 2.57. The van der Waals surface area contributed by atoms with Crippen molar-refractivity contribution in [3.05, 3.63) is 34.9 Å². The average Bonchev–Trinajstić information content (AvgIpc) is 2.79. The average molecular weight is 341 g/mol. The van der Waals surface area contributed by atoms with Crippen molar-refractivity contribution >= 4 is 0 Å². The van der Waals surface area contributed by atoms with Crippen molar-refractivity contribution in [1.82, 2.24) is 5.06 Å². The number of hydroxylamine groups is 2. The van der Waals surface area contributed by atoms with E-state index in [0.29, 0.717) is 23.9 Å². The summed E-state index contributed by atoms with van der Waals surface area (Å²) in [5.41, 5.74) is 3.14. The SMILES string of the molecule is Cc1ccc(C#N)c([C@]2(C)C[C@@H](C)[C@H]3[C@H](C2)C(C)(C)ON3C(C)C)c1. The van der Waals surface area contributed by atoms with E-state index in [1.54, 1.807) is 0 Å². The van der Waals surface area contributed by atoms with Gasteiger partial charge in [0.05, 0.1) is 17.2 Å². The number of hydrogen-bond donors (Lipinski definition) is 0. The van der Waals surface area contributed by atoms with Crippen LogP contribution in [0, 0.1) is 30.1 Å². The molecule has 3 rings (SSSR count). The summed E-state index contributed by atoms with van der Waals surface area (Å²) in [6.07, 6.45) is 2.16. The Hall–Kier alpha value is -1.37. The first-order chi connectivity index (χ1) is 11.6. The molecule has 0 N–H and O–H groups in total.